The summed E-state index contributed by atoms with van der Waals surface area (Å²) < 4.78 is 43.1. The molecule has 90 valence electrons. The van der Waals surface area contributed by atoms with Crippen LogP contribution in [-0.2, 0) is 6.18 Å². The van der Waals surface area contributed by atoms with Crippen LogP contribution in [0.1, 0.15) is 11.3 Å². The summed E-state index contributed by atoms with van der Waals surface area (Å²) in [7, 11) is 0. The van der Waals surface area contributed by atoms with E-state index in [1.807, 2.05) is 0 Å². The zero-order chi connectivity index (χ0) is 12.6. The second-order valence-electron chi connectivity index (χ2n) is 3.34. The predicted molar refractivity (Wildman–Crippen MR) is 54.5 cm³/mol. The third kappa shape index (κ3) is 2.41. The number of aromatic nitrogens is 2. The lowest BCUT2D eigenvalue weighted by atomic mass is 10.1. The van der Waals surface area contributed by atoms with Crippen molar-refractivity contribution in [1.29, 1.82) is 0 Å². The summed E-state index contributed by atoms with van der Waals surface area (Å²) in [5, 5.41) is -0.0520. The summed E-state index contributed by atoms with van der Waals surface area (Å²) in [6.07, 6.45) is -2.60. The Bertz CT molecular complexity index is 551. The van der Waals surface area contributed by atoms with E-state index in [4.69, 9.17) is 16.0 Å². The molecule has 0 radical (unpaired) electrons. The summed E-state index contributed by atoms with van der Waals surface area (Å²) >= 11 is 5.58. The topological polar surface area (TPSA) is 38.9 Å². The Morgan fingerprint density at radius 1 is 1.35 bits per heavy atom. The Hall–Kier alpha value is -1.56. The second-order valence-corrected chi connectivity index (χ2v) is 3.73. The third-order valence-electron chi connectivity index (χ3n) is 2.03. The fourth-order valence-electron chi connectivity index (χ4n) is 1.31. The SMILES string of the molecule is Cc1coc(-c2cc(Cl)ncc2C(F)(F)F)n1. The summed E-state index contributed by atoms with van der Waals surface area (Å²) in [5.74, 6) is -0.126. The number of pyridine rings is 1. The average molecular weight is 263 g/mol. The van der Waals surface area contributed by atoms with Crippen molar-refractivity contribution >= 4 is 11.6 Å². The Morgan fingerprint density at radius 2 is 2.06 bits per heavy atom. The van der Waals surface area contributed by atoms with Gasteiger partial charge in [-0.3, -0.25) is 0 Å². The molecule has 0 N–H and O–H groups in total. The molecule has 0 aliphatic carbocycles. The molecule has 3 nitrogen and oxygen atoms in total. The van der Waals surface area contributed by atoms with Crippen molar-refractivity contribution in [3.8, 4) is 11.5 Å². The molecule has 0 amide bonds. The Balaban J connectivity index is 2.63. The summed E-state index contributed by atoms with van der Waals surface area (Å²) in [6.45, 7) is 1.61. The summed E-state index contributed by atoms with van der Waals surface area (Å²) in [6, 6.07) is 1.08. The van der Waals surface area contributed by atoms with E-state index >= 15 is 0 Å². The van der Waals surface area contributed by atoms with E-state index in [2.05, 4.69) is 9.97 Å². The predicted octanol–water partition coefficient (Wildman–Crippen LogP) is 3.72. The highest BCUT2D eigenvalue weighted by atomic mass is 35.5. The molecule has 0 aliphatic rings. The highest BCUT2D eigenvalue weighted by Crippen LogP contribution is 2.37. The van der Waals surface area contributed by atoms with Crippen molar-refractivity contribution in [3.05, 3.63) is 34.9 Å². The normalized spacial score (nSPS) is 11.8. The van der Waals surface area contributed by atoms with Crippen molar-refractivity contribution < 1.29 is 17.6 Å². The van der Waals surface area contributed by atoms with E-state index in [9.17, 15) is 13.2 Å². The van der Waals surface area contributed by atoms with Gasteiger partial charge in [0.15, 0.2) is 0 Å². The van der Waals surface area contributed by atoms with Gasteiger partial charge in [0.2, 0.25) is 5.89 Å². The van der Waals surface area contributed by atoms with Crippen molar-refractivity contribution in [1.82, 2.24) is 9.97 Å². The minimum atomic E-state index is -4.53. The van der Waals surface area contributed by atoms with Gasteiger partial charge in [0.1, 0.15) is 11.4 Å². The highest BCUT2D eigenvalue weighted by molar-refractivity contribution is 6.29. The molecule has 7 heteroatoms. The molecule has 0 aliphatic heterocycles. The van der Waals surface area contributed by atoms with Gasteiger partial charge in [0.25, 0.3) is 0 Å². The largest absolute Gasteiger partial charge is 0.444 e. The minimum Gasteiger partial charge on any atom is -0.444 e. The van der Waals surface area contributed by atoms with Crippen LogP contribution in [0.3, 0.4) is 0 Å². The number of nitrogens with zero attached hydrogens (tertiary/aromatic N) is 2. The minimum absolute atomic E-state index is 0.0520. The van der Waals surface area contributed by atoms with E-state index < -0.39 is 11.7 Å². The molecule has 0 fully saturated rings. The molecule has 0 unspecified atom stereocenters. The lowest BCUT2D eigenvalue weighted by molar-refractivity contribution is -0.137. The fraction of sp³-hybridized carbons (Fsp3) is 0.200. The molecule has 2 rings (SSSR count). The van der Waals surface area contributed by atoms with Crippen molar-refractivity contribution in [2.75, 3.05) is 0 Å². The maximum atomic E-state index is 12.7. The van der Waals surface area contributed by atoms with Crippen LogP contribution < -0.4 is 0 Å². The molecule has 0 spiro atoms. The van der Waals surface area contributed by atoms with Crippen LogP contribution in [0.5, 0.6) is 0 Å². The maximum absolute atomic E-state index is 12.7. The monoisotopic (exact) mass is 262 g/mol. The van der Waals surface area contributed by atoms with Crippen LogP contribution in [-0.4, -0.2) is 9.97 Å². The van der Waals surface area contributed by atoms with E-state index in [0.29, 0.717) is 11.9 Å². The van der Waals surface area contributed by atoms with Crippen LogP contribution in [0.2, 0.25) is 5.15 Å². The smallest absolute Gasteiger partial charge is 0.418 e. The molecule has 2 heterocycles. The van der Waals surface area contributed by atoms with Crippen molar-refractivity contribution in [3.63, 3.8) is 0 Å². The number of alkyl halides is 3. The molecular weight excluding hydrogens is 257 g/mol. The van der Waals surface area contributed by atoms with Crippen molar-refractivity contribution in [2.24, 2.45) is 0 Å². The van der Waals surface area contributed by atoms with E-state index in [-0.39, 0.29) is 16.6 Å². The zero-order valence-electron chi connectivity index (χ0n) is 8.55. The van der Waals surface area contributed by atoms with E-state index in [1.165, 1.54) is 6.26 Å². The Labute approximate surface area is 99.3 Å². The van der Waals surface area contributed by atoms with Crippen LogP contribution in [0.25, 0.3) is 11.5 Å². The third-order valence-corrected chi connectivity index (χ3v) is 2.23. The average Bonchev–Trinajstić information content (AvgIpc) is 2.62. The zero-order valence-corrected chi connectivity index (χ0v) is 9.30. The van der Waals surface area contributed by atoms with Crippen molar-refractivity contribution in [2.45, 2.75) is 13.1 Å². The molecule has 0 bridgehead atoms. The number of hydrogen-bond donors (Lipinski definition) is 0. The van der Waals surface area contributed by atoms with Gasteiger partial charge in [-0.1, -0.05) is 11.6 Å². The van der Waals surface area contributed by atoms with Gasteiger partial charge < -0.3 is 4.42 Å². The lowest BCUT2D eigenvalue weighted by Crippen LogP contribution is -2.08. The van der Waals surface area contributed by atoms with Crippen LogP contribution in [0.4, 0.5) is 13.2 Å². The molecule has 2 aromatic rings. The molecule has 0 aromatic carbocycles. The highest BCUT2D eigenvalue weighted by Gasteiger charge is 2.35. The Kier molecular flexibility index (Phi) is 2.82. The van der Waals surface area contributed by atoms with E-state index in [1.54, 1.807) is 6.92 Å². The first kappa shape index (κ1) is 11.9. The van der Waals surface area contributed by atoms with Gasteiger partial charge in [-0.2, -0.15) is 13.2 Å². The van der Waals surface area contributed by atoms with Gasteiger partial charge in [0.05, 0.1) is 16.8 Å². The first-order valence-corrected chi connectivity index (χ1v) is 4.91. The quantitative estimate of drug-likeness (QED) is 0.735. The Morgan fingerprint density at radius 3 is 2.59 bits per heavy atom. The molecular formula is C10H6ClF3N2O. The van der Waals surface area contributed by atoms with Gasteiger partial charge in [-0.05, 0) is 13.0 Å². The summed E-state index contributed by atoms with van der Waals surface area (Å²) in [4.78, 5) is 7.26. The van der Waals surface area contributed by atoms with Gasteiger partial charge in [-0.25, -0.2) is 9.97 Å². The molecule has 17 heavy (non-hydrogen) atoms. The standard InChI is InChI=1S/C10H6ClF3N2O/c1-5-4-17-9(16-5)6-2-8(11)15-3-7(6)10(12,13)14/h2-4H,1H3. The molecule has 0 saturated carbocycles. The number of hydrogen-bond acceptors (Lipinski definition) is 3. The van der Waals surface area contributed by atoms with Crippen LogP contribution in [0, 0.1) is 6.92 Å². The van der Waals surface area contributed by atoms with Gasteiger partial charge in [-0.15, -0.1) is 0 Å². The second kappa shape index (κ2) is 4.03. The molecule has 0 atom stereocenters. The molecule has 2 aromatic heterocycles. The first-order chi connectivity index (χ1) is 7.88. The van der Waals surface area contributed by atoms with Crippen LogP contribution in [0.15, 0.2) is 22.9 Å². The first-order valence-electron chi connectivity index (χ1n) is 4.53. The van der Waals surface area contributed by atoms with Gasteiger partial charge in [0, 0.05) is 6.20 Å². The fourth-order valence-corrected chi connectivity index (χ4v) is 1.47. The van der Waals surface area contributed by atoms with Gasteiger partial charge >= 0.3 is 6.18 Å². The number of oxazole rings is 1. The number of halogens is 4. The van der Waals surface area contributed by atoms with Crippen LogP contribution >= 0.6 is 11.6 Å². The number of rotatable bonds is 1. The summed E-state index contributed by atoms with van der Waals surface area (Å²) in [5.41, 5.74) is -0.657. The van der Waals surface area contributed by atoms with E-state index in [0.717, 1.165) is 6.07 Å². The number of aryl methyl sites for hydroxylation is 1. The maximum Gasteiger partial charge on any atom is 0.418 e. The lowest BCUT2D eigenvalue weighted by Gasteiger charge is -2.09. The molecule has 0 saturated heterocycles.